The molecule has 12 heteroatoms. The Hall–Kier alpha value is -3.09. The largest absolute Gasteiger partial charge is 0.364 e. The van der Waals surface area contributed by atoms with E-state index in [9.17, 15) is 18.0 Å². The van der Waals surface area contributed by atoms with E-state index in [0.717, 1.165) is 32.3 Å². The fraction of sp³-hybridized carbons (Fsp3) is 0.536. The highest BCUT2D eigenvalue weighted by atomic mass is 32.2. The molecule has 1 radical (unpaired) electrons. The Morgan fingerprint density at radius 2 is 1.70 bits per heavy atom. The number of rotatable bonds is 9. The van der Waals surface area contributed by atoms with Gasteiger partial charge in [0.15, 0.2) is 0 Å². The molecule has 1 aromatic carbocycles. The van der Waals surface area contributed by atoms with Crippen LogP contribution in [-0.4, -0.2) is 98.1 Å². The summed E-state index contributed by atoms with van der Waals surface area (Å²) in [5.41, 5.74) is 7.49. The standard InChI is InChI=1S/C28H38N7O4S/c1-19-24(25(26(29)36)31-28(30-19)34-13-10-23(11-14-34)32-40(2,38)39)27(37)35-17-21-15-33(16-22(21)18-35)12-6-9-20-7-4-3-5-8-20/h3-5,7-9,21-23,32H,6,10-18H2,1-2H3,(H2,29,36)/t21-,22?/m0/s1. The monoisotopic (exact) mass is 568 g/mol. The molecule has 2 atom stereocenters. The van der Waals surface area contributed by atoms with Crippen molar-refractivity contribution in [1.29, 1.82) is 0 Å². The lowest BCUT2D eigenvalue weighted by Gasteiger charge is -2.32. The Bertz CT molecular complexity index is 1330. The Morgan fingerprint density at radius 1 is 1.05 bits per heavy atom. The zero-order valence-corrected chi connectivity index (χ0v) is 23.9. The number of benzene rings is 1. The van der Waals surface area contributed by atoms with Crippen LogP contribution in [0.25, 0.3) is 0 Å². The average molecular weight is 569 g/mol. The molecule has 2 amide bonds. The van der Waals surface area contributed by atoms with Crippen molar-refractivity contribution in [2.45, 2.75) is 32.2 Å². The van der Waals surface area contributed by atoms with Gasteiger partial charge in [-0.1, -0.05) is 30.3 Å². The maximum absolute atomic E-state index is 13.6. The number of fused-ring (bicyclic) bond motifs is 1. The van der Waals surface area contributed by atoms with E-state index in [-0.39, 0.29) is 23.2 Å². The normalized spacial score (nSPS) is 22.1. The molecule has 3 saturated heterocycles. The number of hydrogen-bond acceptors (Lipinski definition) is 8. The topological polar surface area (TPSA) is 142 Å². The first kappa shape index (κ1) is 28.4. The third kappa shape index (κ3) is 6.61. The second kappa shape index (κ2) is 11.8. The summed E-state index contributed by atoms with van der Waals surface area (Å²) in [4.78, 5) is 41.3. The zero-order valence-electron chi connectivity index (χ0n) is 23.1. The maximum Gasteiger partial charge on any atom is 0.268 e. The van der Waals surface area contributed by atoms with Gasteiger partial charge in [0, 0.05) is 45.3 Å². The highest BCUT2D eigenvalue weighted by Crippen LogP contribution is 2.33. The number of nitrogens with zero attached hydrogens (tertiary/aromatic N) is 5. The number of aromatic nitrogens is 2. The van der Waals surface area contributed by atoms with Crippen molar-refractivity contribution in [1.82, 2.24) is 24.5 Å². The number of sulfonamides is 1. The van der Waals surface area contributed by atoms with Crippen molar-refractivity contribution in [3.63, 3.8) is 0 Å². The minimum atomic E-state index is -3.28. The van der Waals surface area contributed by atoms with Crippen molar-refractivity contribution in [3.05, 3.63) is 59.3 Å². The molecule has 4 heterocycles. The Balaban J connectivity index is 1.19. The molecular weight excluding hydrogens is 530 g/mol. The van der Waals surface area contributed by atoms with E-state index in [1.165, 1.54) is 5.56 Å². The van der Waals surface area contributed by atoms with E-state index in [1.54, 1.807) is 6.92 Å². The van der Waals surface area contributed by atoms with Gasteiger partial charge in [-0.3, -0.25) is 9.59 Å². The van der Waals surface area contributed by atoms with Gasteiger partial charge in [0.25, 0.3) is 11.8 Å². The quantitative estimate of drug-likeness (QED) is 0.457. The van der Waals surface area contributed by atoms with Gasteiger partial charge in [-0.2, -0.15) is 0 Å². The Labute approximate surface area is 236 Å². The van der Waals surface area contributed by atoms with Crippen LogP contribution in [0.4, 0.5) is 5.95 Å². The molecule has 11 nitrogen and oxygen atoms in total. The number of likely N-dealkylation sites (tertiary alicyclic amines) is 2. The number of hydrogen-bond donors (Lipinski definition) is 2. The van der Waals surface area contributed by atoms with Gasteiger partial charge in [0.05, 0.1) is 17.5 Å². The number of amides is 2. The van der Waals surface area contributed by atoms with Gasteiger partial charge >= 0.3 is 0 Å². The van der Waals surface area contributed by atoms with Crippen molar-refractivity contribution in [2.75, 3.05) is 57.0 Å². The maximum atomic E-state index is 13.6. The minimum Gasteiger partial charge on any atom is -0.364 e. The number of primary amides is 1. The number of carbonyl (C=O) groups is 2. The molecule has 0 spiro atoms. The molecule has 3 aliphatic heterocycles. The van der Waals surface area contributed by atoms with Crippen molar-refractivity contribution in [3.8, 4) is 0 Å². The van der Waals surface area contributed by atoms with Crippen LogP contribution >= 0.6 is 0 Å². The molecular formula is C28H38N7O4S. The number of aryl methyl sites for hydroxylation is 1. The SMILES string of the molecule is Cc1nc(N2CCC(NS(C)(=O)=O)CC2)nc(C(N)=O)c1C(=O)N1CC2CN(CC[CH]c3ccccc3)C[C@H]2C1. The van der Waals surface area contributed by atoms with Crippen LogP contribution in [0.1, 0.15) is 51.4 Å². The highest BCUT2D eigenvalue weighted by Gasteiger charge is 2.42. The summed E-state index contributed by atoms with van der Waals surface area (Å²) in [6.45, 7) is 6.95. The van der Waals surface area contributed by atoms with E-state index in [1.807, 2.05) is 28.0 Å². The van der Waals surface area contributed by atoms with Crippen molar-refractivity contribution in [2.24, 2.45) is 17.6 Å². The summed E-state index contributed by atoms with van der Waals surface area (Å²) in [5, 5.41) is 0. The van der Waals surface area contributed by atoms with E-state index in [0.29, 0.717) is 62.5 Å². The van der Waals surface area contributed by atoms with Gasteiger partial charge in [0.2, 0.25) is 16.0 Å². The Kier molecular flexibility index (Phi) is 8.39. The van der Waals surface area contributed by atoms with Gasteiger partial charge in [0.1, 0.15) is 5.69 Å². The van der Waals surface area contributed by atoms with Crippen LogP contribution in [0.15, 0.2) is 30.3 Å². The molecule has 1 unspecified atom stereocenters. The van der Waals surface area contributed by atoms with E-state index >= 15 is 0 Å². The highest BCUT2D eigenvalue weighted by molar-refractivity contribution is 7.88. The predicted molar refractivity (Wildman–Crippen MR) is 152 cm³/mol. The number of anilines is 1. The molecule has 3 fully saturated rings. The first-order valence-electron chi connectivity index (χ1n) is 13.9. The first-order valence-corrected chi connectivity index (χ1v) is 15.8. The molecule has 2 aromatic rings. The van der Waals surface area contributed by atoms with Crippen LogP contribution in [0, 0.1) is 25.2 Å². The van der Waals surface area contributed by atoms with Crippen LogP contribution < -0.4 is 15.4 Å². The van der Waals surface area contributed by atoms with Crippen LogP contribution in [-0.2, 0) is 10.0 Å². The number of carbonyl (C=O) groups excluding carboxylic acids is 2. The Morgan fingerprint density at radius 3 is 2.30 bits per heavy atom. The van der Waals surface area contributed by atoms with E-state index in [2.05, 4.69) is 38.1 Å². The van der Waals surface area contributed by atoms with E-state index < -0.39 is 15.9 Å². The van der Waals surface area contributed by atoms with Gasteiger partial charge < -0.3 is 20.4 Å². The lowest BCUT2D eigenvalue weighted by Crippen LogP contribution is -2.45. The smallest absolute Gasteiger partial charge is 0.268 e. The second-order valence-corrected chi connectivity index (χ2v) is 13.0. The fourth-order valence-corrected chi connectivity index (χ4v) is 7.07. The lowest BCUT2D eigenvalue weighted by molar-refractivity contribution is 0.0766. The molecule has 0 bridgehead atoms. The number of nitrogens with two attached hydrogens (primary N) is 1. The van der Waals surface area contributed by atoms with Crippen molar-refractivity contribution >= 4 is 27.8 Å². The number of nitrogens with one attached hydrogen (secondary N) is 1. The number of piperidine rings is 1. The summed E-state index contributed by atoms with van der Waals surface area (Å²) in [7, 11) is -3.28. The van der Waals surface area contributed by atoms with Crippen LogP contribution in [0.2, 0.25) is 0 Å². The predicted octanol–water partition coefficient (Wildman–Crippen LogP) is 1.05. The van der Waals surface area contributed by atoms with Crippen LogP contribution in [0.3, 0.4) is 0 Å². The molecule has 5 rings (SSSR count). The average Bonchev–Trinajstić information content (AvgIpc) is 3.47. The van der Waals surface area contributed by atoms with Gasteiger partial charge in [-0.15, -0.1) is 0 Å². The molecule has 40 heavy (non-hydrogen) atoms. The third-order valence-electron chi connectivity index (χ3n) is 8.16. The van der Waals surface area contributed by atoms with Crippen molar-refractivity contribution < 1.29 is 18.0 Å². The molecule has 3 N–H and O–H groups in total. The van der Waals surface area contributed by atoms with Crippen LogP contribution in [0.5, 0.6) is 0 Å². The zero-order chi connectivity index (χ0) is 28.4. The molecule has 0 aliphatic carbocycles. The summed E-state index contributed by atoms with van der Waals surface area (Å²) < 4.78 is 25.7. The minimum absolute atomic E-state index is 0.0565. The lowest BCUT2D eigenvalue weighted by atomic mass is 10.0. The molecule has 0 saturated carbocycles. The summed E-state index contributed by atoms with van der Waals surface area (Å²) in [5.74, 6) is 0.137. The second-order valence-electron chi connectivity index (χ2n) is 11.2. The third-order valence-corrected chi connectivity index (χ3v) is 8.92. The summed E-state index contributed by atoms with van der Waals surface area (Å²) in [6.07, 6.45) is 5.56. The first-order chi connectivity index (χ1) is 19.1. The fourth-order valence-electron chi connectivity index (χ4n) is 6.23. The summed E-state index contributed by atoms with van der Waals surface area (Å²) >= 11 is 0. The van der Waals surface area contributed by atoms with Gasteiger partial charge in [-0.05, 0) is 56.6 Å². The molecule has 1 aromatic heterocycles. The molecule has 215 valence electrons. The molecule has 3 aliphatic rings. The van der Waals surface area contributed by atoms with E-state index in [4.69, 9.17) is 5.73 Å². The van der Waals surface area contributed by atoms with Gasteiger partial charge in [-0.25, -0.2) is 23.1 Å². The summed E-state index contributed by atoms with van der Waals surface area (Å²) in [6, 6.07) is 10.2.